The van der Waals surface area contributed by atoms with Crippen molar-refractivity contribution in [2.45, 2.75) is 0 Å². The molecule has 3 nitrogen and oxygen atoms in total. The average Bonchev–Trinajstić information content (AvgIpc) is 0.811. The molecule has 0 aliphatic rings. The molecule has 0 rings (SSSR count). The zero-order chi connectivity index (χ0) is 3.58. The summed E-state index contributed by atoms with van der Waals surface area (Å²) in [5, 5.41) is 21.5. The van der Waals surface area contributed by atoms with Gasteiger partial charge in [-0.15, -0.1) is 0 Å². The van der Waals surface area contributed by atoms with Gasteiger partial charge >= 0.3 is 58.7 Å². The van der Waals surface area contributed by atoms with Crippen molar-refractivity contribution >= 4 is 7.32 Å². The van der Waals surface area contributed by atoms with Crippen molar-refractivity contribution < 1.29 is 88.9 Å². The van der Waals surface area contributed by atoms with Gasteiger partial charge in [0, 0.05) is 21.1 Å². The van der Waals surface area contributed by atoms with Crippen molar-refractivity contribution in [1.82, 2.24) is 0 Å². The maximum atomic E-state index is 7.17. The summed E-state index contributed by atoms with van der Waals surface area (Å²) >= 11 is 0. The Morgan fingerprint density at radius 3 is 1.17 bits per heavy atom. The summed E-state index contributed by atoms with van der Waals surface area (Å²) in [5.41, 5.74) is 0. The van der Waals surface area contributed by atoms with Gasteiger partial charge in [-0.05, 0) is 0 Å². The van der Waals surface area contributed by atoms with Crippen LogP contribution in [0.1, 0.15) is 1.43 Å². The molecule has 0 aliphatic heterocycles. The Kier molecular flexibility index (Phi) is 27.0. The Morgan fingerprint density at radius 1 is 1.17 bits per heavy atom. The van der Waals surface area contributed by atoms with E-state index < -0.39 is 7.32 Å². The van der Waals surface area contributed by atoms with Crippen LogP contribution in [0.15, 0.2) is 0 Å². The molecule has 0 atom stereocenters. The van der Waals surface area contributed by atoms with Crippen molar-refractivity contribution in [3.05, 3.63) is 0 Å². The fourth-order valence-corrected chi connectivity index (χ4v) is 0. The molecule has 6 heteroatoms. The van der Waals surface area contributed by atoms with Gasteiger partial charge in [-0.3, -0.25) is 0 Å². The van der Waals surface area contributed by atoms with E-state index in [0.717, 1.165) is 0 Å². The summed E-state index contributed by atoms with van der Waals surface area (Å²) in [6.45, 7) is 0. The van der Waals surface area contributed by atoms with E-state index in [9.17, 15) is 0 Å². The minimum absolute atomic E-state index is 0. The third kappa shape index (κ3) is 33.8. The van der Waals surface area contributed by atoms with Gasteiger partial charge in [-0.1, -0.05) is 0 Å². The van der Waals surface area contributed by atoms with Gasteiger partial charge < -0.3 is 16.5 Å². The van der Waals surface area contributed by atoms with Crippen LogP contribution in [0.2, 0.25) is 0 Å². The fraction of sp³-hybridized carbons (Fsp3) is 0. The monoisotopic (exact) mass is 297 g/mol. The third-order valence-electron chi connectivity index (χ3n) is 0. The Bertz CT molecular complexity index is 19.7. The predicted molar refractivity (Wildman–Crippen MR) is 13.5 cm³/mol. The summed E-state index contributed by atoms with van der Waals surface area (Å²) in [5.74, 6) is 0. The minimum Gasteiger partial charge on any atom is -1.00 e. The topological polar surface area (TPSA) is 60.7 Å². The quantitative estimate of drug-likeness (QED) is 0.393. The van der Waals surface area contributed by atoms with Crippen LogP contribution in [0.25, 0.3) is 0 Å². The second kappa shape index (κ2) is 10.3. The average molecular weight is 297 g/mol. The maximum Gasteiger partial charge on any atom is 1.00 e. The van der Waals surface area contributed by atoms with Crippen molar-refractivity contribution in [3.8, 4) is 0 Å². The molecule has 36 valence electrons. The molecule has 0 aromatic rings. The molecule has 0 bridgehead atoms. The van der Waals surface area contributed by atoms with Crippen LogP contribution >= 0.6 is 0 Å². The van der Waals surface area contributed by atoms with Gasteiger partial charge in [0.25, 0.3) is 0 Å². The summed E-state index contributed by atoms with van der Waals surface area (Å²) in [7, 11) is -2.17. The first-order chi connectivity index (χ1) is 1.73. The van der Waals surface area contributed by atoms with E-state index in [0.29, 0.717) is 0 Å². The van der Waals surface area contributed by atoms with E-state index in [1.165, 1.54) is 0 Å². The van der Waals surface area contributed by atoms with Crippen LogP contribution in [0.3, 0.4) is 0 Å². The summed E-state index contributed by atoms with van der Waals surface area (Å²) in [6, 6.07) is 0. The van der Waals surface area contributed by atoms with Gasteiger partial charge in [0.05, 0.1) is 0 Å². The molecular weight excluding hydrogens is 293 g/mol. The van der Waals surface area contributed by atoms with Crippen LogP contribution in [0, 0.1) is 0 Å². The molecule has 0 saturated heterocycles. The van der Waals surface area contributed by atoms with E-state index in [1.807, 2.05) is 0 Å². The first-order valence-corrected chi connectivity index (χ1v) is 0.775. The zero-order valence-corrected chi connectivity index (χ0v) is 8.63. The molecule has 0 unspecified atom stereocenters. The Hall–Kier alpha value is 2.27. The molecule has 0 heterocycles. The SMILES string of the molecule is OB(O)O.[H-].[K+].[Pt]. The van der Waals surface area contributed by atoms with Crippen molar-refractivity contribution in [3.63, 3.8) is 0 Å². The smallest absolute Gasteiger partial charge is 1.00 e. The largest absolute Gasteiger partial charge is 1.00 e. The number of rotatable bonds is 0. The van der Waals surface area contributed by atoms with Gasteiger partial charge in [-0.25, -0.2) is 0 Å². The molecule has 0 aromatic carbocycles. The Labute approximate surface area is 94.5 Å². The Balaban J connectivity index is -0.0000000150. The van der Waals surface area contributed by atoms with Crippen molar-refractivity contribution in [1.29, 1.82) is 0 Å². The maximum absolute atomic E-state index is 7.17. The van der Waals surface area contributed by atoms with Gasteiger partial charge in [0.2, 0.25) is 0 Å². The Morgan fingerprint density at radius 2 is 1.17 bits per heavy atom. The van der Waals surface area contributed by atoms with E-state index in [2.05, 4.69) is 0 Å². The molecule has 3 N–H and O–H groups in total. The summed E-state index contributed by atoms with van der Waals surface area (Å²) in [6.07, 6.45) is 0. The van der Waals surface area contributed by atoms with Crippen LogP contribution in [0.4, 0.5) is 0 Å². The zero-order valence-electron chi connectivity index (χ0n) is 4.24. The molecule has 0 saturated carbocycles. The summed E-state index contributed by atoms with van der Waals surface area (Å²) in [4.78, 5) is 0. The molecule has 6 heavy (non-hydrogen) atoms. The summed E-state index contributed by atoms with van der Waals surface area (Å²) < 4.78 is 0. The van der Waals surface area contributed by atoms with Gasteiger partial charge in [0.1, 0.15) is 0 Å². The molecule has 0 spiro atoms. The second-order valence-electron chi connectivity index (χ2n) is 0.346. The van der Waals surface area contributed by atoms with Crippen LogP contribution in [0.5, 0.6) is 0 Å². The molecule has 0 amide bonds. The van der Waals surface area contributed by atoms with Gasteiger partial charge in [0.15, 0.2) is 0 Å². The van der Waals surface area contributed by atoms with Crippen molar-refractivity contribution in [2.75, 3.05) is 0 Å². The van der Waals surface area contributed by atoms with Crippen LogP contribution in [-0.2, 0) is 21.1 Å². The van der Waals surface area contributed by atoms with Crippen molar-refractivity contribution in [2.24, 2.45) is 0 Å². The molecule has 0 radical (unpaired) electrons. The van der Waals surface area contributed by atoms with E-state index >= 15 is 0 Å². The number of hydrogen-bond acceptors (Lipinski definition) is 3. The molecule has 0 aliphatic carbocycles. The normalized spacial score (nSPS) is 4.50. The fourth-order valence-electron chi connectivity index (χ4n) is 0. The van der Waals surface area contributed by atoms with Crippen LogP contribution < -0.4 is 51.4 Å². The van der Waals surface area contributed by atoms with Gasteiger partial charge in [-0.2, -0.15) is 0 Å². The molecule has 0 aromatic heterocycles. The van der Waals surface area contributed by atoms with Crippen LogP contribution in [-0.4, -0.2) is 22.4 Å². The van der Waals surface area contributed by atoms with E-state index in [4.69, 9.17) is 15.1 Å². The molecular formula is H4BKO3Pt. The third-order valence-corrected chi connectivity index (χ3v) is 0. The van der Waals surface area contributed by atoms with E-state index in [-0.39, 0.29) is 73.9 Å². The first-order valence-electron chi connectivity index (χ1n) is 0.775. The van der Waals surface area contributed by atoms with E-state index in [1.54, 1.807) is 0 Å². The predicted octanol–water partition coefficient (Wildman–Crippen LogP) is -4.94. The molecule has 0 fully saturated rings. The standard InChI is InChI=1S/BH3O3.K.Pt.H/c2-1(3)4;;;/h2-4H;;;/q;+1;;-1. The number of hydrogen-bond donors (Lipinski definition) is 3. The minimum atomic E-state index is -2.17. The second-order valence-corrected chi connectivity index (χ2v) is 0.346. The first kappa shape index (κ1) is 15.7.